The normalized spacial score (nSPS) is 16.7. The van der Waals surface area contributed by atoms with E-state index in [1.807, 2.05) is 0 Å². The summed E-state index contributed by atoms with van der Waals surface area (Å²) < 4.78 is 27.2. The summed E-state index contributed by atoms with van der Waals surface area (Å²) in [5, 5.41) is 3.28. The minimum Gasteiger partial charge on any atom is -0.317 e. The van der Waals surface area contributed by atoms with E-state index in [0.717, 1.165) is 25.9 Å². The van der Waals surface area contributed by atoms with Crippen LogP contribution in [0, 0.1) is 5.92 Å². The monoisotopic (exact) mass is 277 g/mol. The summed E-state index contributed by atoms with van der Waals surface area (Å²) in [5.41, 5.74) is 0. The lowest BCUT2D eigenvalue weighted by atomic mass is 10.4. The molecule has 0 amide bonds. The molecular weight excluding hydrogens is 250 g/mol. The minimum absolute atomic E-state index is 0.577. The molecule has 0 saturated heterocycles. The third-order valence-electron chi connectivity index (χ3n) is 3.25. The number of rotatable bonds is 10. The Morgan fingerprint density at radius 2 is 1.83 bits per heavy atom. The first-order valence-corrected chi connectivity index (χ1v) is 8.26. The van der Waals surface area contributed by atoms with Gasteiger partial charge in [-0.3, -0.25) is 0 Å². The molecule has 1 aliphatic rings. The van der Waals surface area contributed by atoms with Crippen molar-refractivity contribution < 1.29 is 8.42 Å². The van der Waals surface area contributed by atoms with E-state index in [2.05, 4.69) is 12.2 Å². The lowest BCUT2D eigenvalue weighted by Gasteiger charge is -2.24. The average molecular weight is 277 g/mol. The summed E-state index contributed by atoms with van der Waals surface area (Å²) in [4.78, 5) is 0. The average Bonchev–Trinajstić information content (AvgIpc) is 3.12. The molecule has 0 aliphatic heterocycles. The zero-order valence-corrected chi connectivity index (χ0v) is 12.7. The SMILES string of the molecule is CCCNCCCN(C)S(=O)(=O)N(C)CC1CC1. The highest BCUT2D eigenvalue weighted by Crippen LogP contribution is 2.30. The second kappa shape index (κ2) is 7.43. The van der Waals surface area contributed by atoms with Gasteiger partial charge in [-0.25, -0.2) is 0 Å². The van der Waals surface area contributed by atoms with Crippen LogP contribution in [0.25, 0.3) is 0 Å². The summed E-state index contributed by atoms with van der Waals surface area (Å²) in [7, 11) is 0.0974. The van der Waals surface area contributed by atoms with Crippen molar-refractivity contribution in [1.82, 2.24) is 13.9 Å². The third kappa shape index (κ3) is 5.22. The van der Waals surface area contributed by atoms with Gasteiger partial charge in [-0.1, -0.05) is 6.92 Å². The number of hydrogen-bond donors (Lipinski definition) is 1. The van der Waals surface area contributed by atoms with Crippen LogP contribution in [0.4, 0.5) is 0 Å². The first kappa shape index (κ1) is 15.9. The molecule has 0 unspecified atom stereocenters. The van der Waals surface area contributed by atoms with Gasteiger partial charge in [-0.05, 0) is 44.7 Å². The lowest BCUT2D eigenvalue weighted by Crippen LogP contribution is -2.41. The second-order valence-corrected chi connectivity index (χ2v) is 7.30. The van der Waals surface area contributed by atoms with E-state index in [1.54, 1.807) is 14.1 Å². The molecule has 1 saturated carbocycles. The molecule has 0 aromatic heterocycles. The number of nitrogens with one attached hydrogen (secondary N) is 1. The van der Waals surface area contributed by atoms with Crippen molar-refractivity contribution in [3.8, 4) is 0 Å². The molecule has 0 spiro atoms. The third-order valence-corrected chi connectivity index (χ3v) is 5.16. The van der Waals surface area contributed by atoms with Crippen LogP contribution in [-0.2, 0) is 10.2 Å². The van der Waals surface area contributed by atoms with Crippen LogP contribution < -0.4 is 5.32 Å². The Morgan fingerprint density at radius 1 is 1.17 bits per heavy atom. The molecule has 1 aliphatic carbocycles. The molecule has 1 N–H and O–H groups in total. The van der Waals surface area contributed by atoms with Crippen LogP contribution in [-0.4, -0.2) is 57.3 Å². The van der Waals surface area contributed by atoms with Gasteiger partial charge in [-0.15, -0.1) is 0 Å². The van der Waals surface area contributed by atoms with Gasteiger partial charge < -0.3 is 5.32 Å². The summed E-state index contributed by atoms with van der Waals surface area (Å²) in [5.74, 6) is 0.587. The van der Waals surface area contributed by atoms with Crippen LogP contribution in [0.5, 0.6) is 0 Å². The highest BCUT2D eigenvalue weighted by molar-refractivity contribution is 7.86. The maximum atomic E-state index is 12.1. The zero-order valence-electron chi connectivity index (χ0n) is 11.9. The van der Waals surface area contributed by atoms with Crippen molar-refractivity contribution in [2.24, 2.45) is 5.92 Å². The summed E-state index contributed by atoms with van der Waals surface area (Å²) in [6.07, 6.45) is 4.31. The zero-order chi connectivity index (χ0) is 13.6. The molecule has 5 nitrogen and oxygen atoms in total. The quantitative estimate of drug-likeness (QED) is 0.604. The molecule has 0 aromatic rings. The maximum absolute atomic E-state index is 12.1. The van der Waals surface area contributed by atoms with E-state index in [9.17, 15) is 8.42 Å². The van der Waals surface area contributed by atoms with E-state index >= 15 is 0 Å². The van der Waals surface area contributed by atoms with Crippen molar-refractivity contribution in [1.29, 1.82) is 0 Å². The Labute approximate surface area is 112 Å². The molecule has 0 radical (unpaired) electrons. The number of nitrogens with zero attached hydrogens (tertiary/aromatic N) is 2. The van der Waals surface area contributed by atoms with Gasteiger partial charge in [0.1, 0.15) is 0 Å². The van der Waals surface area contributed by atoms with Gasteiger partial charge in [0.25, 0.3) is 10.2 Å². The summed E-state index contributed by atoms with van der Waals surface area (Å²) in [6, 6.07) is 0. The predicted octanol–water partition coefficient (Wildman–Crippen LogP) is 0.895. The fourth-order valence-corrected chi connectivity index (χ4v) is 3.07. The fourth-order valence-electron chi connectivity index (χ4n) is 1.84. The molecule has 1 rings (SSSR count). The second-order valence-electron chi connectivity index (χ2n) is 5.16. The van der Waals surface area contributed by atoms with Gasteiger partial charge in [0, 0.05) is 27.2 Å². The van der Waals surface area contributed by atoms with Crippen LogP contribution in [0.1, 0.15) is 32.6 Å². The Balaban J connectivity index is 2.26. The van der Waals surface area contributed by atoms with Crippen molar-refractivity contribution in [2.75, 3.05) is 40.3 Å². The molecule has 6 heteroatoms. The predicted molar refractivity (Wildman–Crippen MR) is 74.7 cm³/mol. The van der Waals surface area contributed by atoms with Crippen molar-refractivity contribution in [3.63, 3.8) is 0 Å². The first-order valence-electron chi connectivity index (χ1n) is 6.86. The molecular formula is C12H27N3O2S. The van der Waals surface area contributed by atoms with Gasteiger partial charge in [-0.2, -0.15) is 17.0 Å². The van der Waals surface area contributed by atoms with E-state index < -0.39 is 10.2 Å². The highest BCUT2D eigenvalue weighted by Gasteiger charge is 2.30. The van der Waals surface area contributed by atoms with E-state index in [4.69, 9.17) is 0 Å². The molecule has 108 valence electrons. The van der Waals surface area contributed by atoms with Crippen LogP contribution in [0.15, 0.2) is 0 Å². The Hall–Kier alpha value is -0.170. The van der Waals surface area contributed by atoms with E-state index in [1.165, 1.54) is 21.5 Å². The largest absolute Gasteiger partial charge is 0.317 e. The highest BCUT2D eigenvalue weighted by atomic mass is 32.2. The minimum atomic E-state index is -3.25. The first-order chi connectivity index (χ1) is 8.48. The van der Waals surface area contributed by atoms with E-state index in [0.29, 0.717) is 19.0 Å². The Kier molecular flexibility index (Phi) is 6.55. The van der Waals surface area contributed by atoms with Gasteiger partial charge in [0.15, 0.2) is 0 Å². The molecule has 0 bridgehead atoms. The molecule has 0 aromatic carbocycles. The molecule has 18 heavy (non-hydrogen) atoms. The smallest absolute Gasteiger partial charge is 0.281 e. The van der Waals surface area contributed by atoms with Crippen LogP contribution in [0.3, 0.4) is 0 Å². The summed E-state index contributed by atoms with van der Waals surface area (Å²) >= 11 is 0. The van der Waals surface area contributed by atoms with Crippen molar-refractivity contribution in [2.45, 2.75) is 32.6 Å². The molecule has 0 atom stereocenters. The molecule has 1 fully saturated rings. The topological polar surface area (TPSA) is 52.7 Å². The van der Waals surface area contributed by atoms with Crippen LogP contribution in [0.2, 0.25) is 0 Å². The van der Waals surface area contributed by atoms with Crippen molar-refractivity contribution in [3.05, 3.63) is 0 Å². The number of hydrogen-bond acceptors (Lipinski definition) is 3. The van der Waals surface area contributed by atoms with Crippen molar-refractivity contribution >= 4 is 10.2 Å². The maximum Gasteiger partial charge on any atom is 0.281 e. The molecule has 0 heterocycles. The Bertz CT molecular complexity index is 328. The Morgan fingerprint density at radius 3 is 2.39 bits per heavy atom. The van der Waals surface area contributed by atoms with Crippen LogP contribution >= 0.6 is 0 Å². The van der Waals surface area contributed by atoms with E-state index in [-0.39, 0.29) is 0 Å². The van der Waals surface area contributed by atoms with Gasteiger partial charge >= 0.3 is 0 Å². The fraction of sp³-hybridized carbons (Fsp3) is 1.00. The lowest BCUT2D eigenvalue weighted by molar-refractivity contribution is 0.379. The van der Waals surface area contributed by atoms with Gasteiger partial charge in [0.2, 0.25) is 0 Å². The van der Waals surface area contributed by atoms with Gasteiger partial charge in [0.05, 0.1) is 0 Å². The standard InChI is InChI=1S/C12H27N3O2S/c1-4-8-13-9-5-10-14(2)18(16,17)15(3)11-12-6-7-12/h12-13H,4-11H2,1-3H3. The summed E-state index contributed by atoms with van der Waals surface area (Å²) in [6.45, 7) is 5.24.